The lowest BCUT2D eigenvalue weighted by Crippen LogP contribution is -2.72. The van der Waals surface area contributed by atoms with Gasteiger partial charge in [-0.3, -0.25) is 19.2 Å². The van der Waals surface area contributed by atoms with E-state index in [1.165, 1.54) is 12.2 Å². The molecule has 4 nitrogen and oxygen atoms in total. The van der Waals surface area contributed by atoms with Crippen LogP contribution < -0.4 is 0 Å². The second kappa shape index (κ2) is 5.55. The Hall–Kier alpha value is -3.40. The molecule has 0 aromatic heterocycles. The van der Waals surface area contributed by atoms with Gasteiger partial charge < -0.3 is 0 Å². The van der Waals surface area contributed by atoms with E-state index in [4.69, 9.17) is 0 Å². The van der Waals surface area contributed by atoms with Crippen molar-refractivity contribution >= 4 is 23.1 Å². The van der Waals surface area contributed by atoms with Crippen LogP contribution in [0.4, 0.5) is 0 Å². The lowest BCUT2D eigenvalue weighted by Gasteiger charge is -2.60. The van der Waals surface area contributed by atoms with E-state index >= 15 is 0 Å². The molecular formula is C24H16O4. The Kier molecular flexibility index (Phi) is 3.32. The van der Waals surface area contributed by atoms with Crippen molar-refractivity contribution in [2.75, 3.05) is 0 Å². The van der Waals surface area contributed by atoms with E-state index in [2.05, 4.69) is 0 Å². The number of fused-ring (bicyclic) bond motifs is 3. The van der Waals surface area contributed by atoms with Crippen LogP contribution in [0.15, 0.2) is 84.0 Å². The van der Waals surface area contributed by atoms with E-state index in [0.29, 0.717) is 11.1 Å². The summed E-state index contributed by atoms with van der Waals surface area (Å²) in [6, 6.07) is 17.8. The number of ketones is 4. The number of hydrogen-bond donors (Lipinski definition) is 0. The summed E-state index contributed by atoms with van der Waals surface area (Å²) in [7, 11) is 0. The molecule has 0 bridgehead atoms. The molecule has 0 amide bonds. The minimum atomic E-state index is -1.48. The Morgan fingerprint density at radius 2 is 1.18 bits per heavy atom. The molecule has 0 unspecified atom stereocenters. The summed E-state index contributed by atoms with van der Waals surface area (Å²) in [6.07, 6.45) is 2.60. The van der Waals surface area contributed by atoms with Crippen molar-refractivity contribution in [1.29, 1.82) is 0 Å². The van der Waals surface area contributed by atoms with E-state index in [1.54, 1.807) is 48.5 Å². The second-order valence-electron chi connectivity index (χ2n) is 7.39. The fraction of sp³-hybridized carbons (Fsp3) is 0.167. The normalized spacial score (nSPS) is 28.7. The molecule has 2 aromatic rings. The molecular weight excluding hydrogens is 352 g/mol. The van der Waals surface area contributed by atoms with Gasteiger partial charge in [-0.25, -0.2) is 0 Å². The second-order valence-corrected chi connectivity index (χ2v) is 7.39. The number of allylic oxidation sites excluding steroid dienone is 4. The summed E-state index contributed by atoms with van der Waals surface area (Å²) < 4.78 is 0. The molecule has 28 heavy (non-hydrogen) atoms. The first kappa shape index (κ1) is 16.8. The van der Waals surface area contributed by atoms with Gasteiger partial charge in [0.15, 0.2) is 17.3 Å². The molecule has 1 fully saturated rings. The Labute approximate surface area is 161 Å². The molecule has 2 atom stereocenters. The van der Waals surface area contributed by atoms with E-state index in [-0.39, 0.29) is 47.1 Å². The van der Waals surface area contributed by atoms with E-state index < -0.39 is 10.8 Å². The maximum absolute atomic E-state index is 13.5. The van der Waals surface area contributed by atoms with Gasteiger partial charge in [-0.05, 0) is 23.3 Å². The van der Waals surface area contributed by atoms with Gasteiger partial charge in [0.2, 0.25) is 0 Å². The quantitative estimate of drug-likeness (QED) is 0.817. The largest absolute Gasteiger partial charge is 0.298 e. The SMILES string of the molecule is O=C1C=CC(=O)[C@@]2(c3ccccc3)C1=C1C(=O)CCC(=O)[C@@]12c1ccccc1. The van der Waals surface area contributed by atoms with Gasteiger partial charge in [0, 0.05) is 24.0 Å². The first-order chi connectivity index (χ1) is 13.6. The van der Waals surface area contributed by atoms with Crippen LogP contribution in [0.5, 0.6) is 0 Å². The topological polar surface area (TPSA) is 68.3 Å². The van der Waals surface area contributed by atoms with Crippen molar-refractivity contribution in [3.63, 3.8) is 0 Å². The van der Waals surface area contributed by atoms with Crippen molar-refractivity contribution in [2.45, 2.75) is 23.7 Å². The lowest BCUT2D eigenvalue weighted by molar-refractivity contribution is -0.140. The maximum Gasteiger partial charge on any atom is 0.183 e. The number of Topliss-reactive ketones (excluding diaryl/α,β-unsaturated/α-hetero) is 2. The number of carbonyl (C=O) groups excluding carboxylic acids is 4. The maximum atomic E-state index is 13.5. The molecule has 3 aliphatic carbocycles. The van der Waals surface area contributed by atoms with Crippen molar-refractivity contribution < 1.29 is 19.2 Å². The molecule has 0 radical (unpaired) electrons. The van der Waals surface area contributed by atoms with Gasteiger partial charge in [0.25, 0.3) is 0 Å². The van der Waals surface area contributed by atoms with Crippen LogP contribution in [0.3, 0.4) is 0 Å². The number of hydrogen-bond acceptors (Lipinski definition) is 4. The zero-order chi connectivity index (χ0) is 19.5. The van der Waals surface area contributed by atoms with Crippen LogP contribution in [-0.4, -0.2) is 23.1 Å². The highest BCUT2D eigenvalue weighted by Gasteiger charge is 2.76. The lowest BCUT2D eigenvalue weighted by atomic mass is 9.36. The molecule has 0 aliphatic heterocycles. The average molecular weight is 368 g/mol. The molecule has 136 valence electrons. The van der Waals surface area contributed by atoms with Crippen LogP contribution in [0.25, 0.3) is 0 Å². The third kappa shape index (κ3) is 1.66. The molecule has 3 aliphatic rings. The first-order valence-corrected chi connectivity index (χ1v) is 9.26. The summed E-state index contributed by atoms with van der Waals surface area (Å²) in [5.74, 6) is -1.10. The fourth-order valence-electron chi connectivity index (χ4n) is 5.30. The van der Waals surface area contributed by atoms with Crippen LogP contribution in [0, 0.1) is 0 Å². The van der Waals surface area contributed by atoms with Gasteiger partial charge in [-0.1, -0.05) is 60.7 Å². The van der Waals surface area contributed by atoms with Crippen LogP contribution in [0.2, 0.25) is 0 Å². The molecule has 0 saturated heterocycles. The highest BCUT2D eigenvalue weighted by Crippen LogP contribution is 2.66. The van der Waals surface area contributed by atoms with Gasteiger partial charge >= 0.3 is 0 Å². The third-order valence-corrected chi connectivity index (χ3v) is 6.25. The van der Waals surface area contributed by atoms with Crippen LogP contribution >= 0.6 is 0 Å². The number of benzene rings is 2. The predicted molar refractivity (Wildman–Crippen MR) is 102 cm³/mol. The highest BCUT2D eigenvalue weighted by atomic mass is 16.2. The molecule has 0 spiro atoms. The van der Waals surface area contributed by atoms with Gasteiger partial charge in [0.05, 0.1) is 0 Å². The highest BCUT2D eigenvalue weighted by molar-refractivity contribution is 6.34. The Morgan fingerprint density at radius 1 is 0.607 bits per heavy atom. The van der Waals surface area contributed by atoms with Gasteiger partial charge in [0.1, 0.15) is 16.6 Å². The Morgan fingerprint density at radius 3 is 1.79 bits per heavy atom. The van der Waals surface area contributed by atoms with Crippen molar-refractivity contribution in [3.05, 3.63) is 95.1 Å². The smallest absolute Gasteiger partial charge is 0.183 e. The minimum absolute atomic E-state index is 0.0598. The van der Waals surface area contributed by atoms with Gasteiger partial charge in [-0.15, -0.1) is 0 Å². The molecule has 5 rings (SSSR count). The number of rotatable bonds is 2. The van der Waals surface area contributed by atoms with Crippen molar-refractivity contribution in [2.24, 2.45) is 0 Å². The Bertz CT molecular complexity index is 1120. The van der Waals surface area contributed by atoms with Crippen LogP contribution in [-0.2, 0) is 30.0 Å². The van der Waals surface area contributed by atoms with E-state index in [0.717, 1.165) is 0 Å². The van der Waals surface area contributed by atoms with Gasteiger partial charge in [-0.2, -0.15) is 0 Å². The van der Waals surface area contributed by atoms with Crippen molar-refractivity contribution in [3.8, 4) is 0 Å². The molecule has 4 heteroatoms. The standard InChI is InChI=1S/C24H16O4/c25-17-11-13-19(27)23(15-7-3-1-4-8-15)21(17)22-18(26)12-14-20(28)24(22,23)16-9-5-2-6-10-16/h1-11,13H,12,14H2/t23-,24-/m0/s1. The minimum Gasteiger partial charge on any atom is -0.298 e. The zero-order valence-corrected chi connectivity index (χ0v) is 15.0. The Balaban J connectivity index is 1.99. The van der Waals surface area contributed by atoms with E-state index in [1.807, 2.05) is 12.1 Å². The van der Waals surface area contributed by atoms with Crippen LogP contribution in [0.1, 0.15) is 24.0 Å². The summed E-state index contributed by atoms with van der Waals surface area (Å²) >= 11 is 0. The summed E-state index contributed by atoms with van der Waals surface area (Å²) in [5.41, 5.74) is -1.38. The fourth-order valence-corrected chi connectivity index (χ4v) is 5.30. The monoisotopic (exact) mass is 368 g/mol. The molecule has 0 N–H and O–H groups in total. The molecule has 0 heterocycles. The zero-order valence-electron chi connectivity index (χ0n) is 15.0. The predicted octanol–water partition coefficient (Wildman–Crippen LogP) is 2.81. The first-order valence-electron chi connectivity index (χ1n) is 9.26. The third-order valence-electron chi connectivity index (χ3n) is 6.25. The summed E-state index contributed by atoms with van der Waals surface area (Å²) in [4.78, 5) is 52.9. The molecule has 1 saturated carbocycles. The van der Waals surface area contributed by atoms with E-state index in [9.17, 15) is 19.2 Å². The van der Waals surface area contributed by atoms with Crippen molar-refractivity contribution in [1.82, 2.24) is 0 Å². The molecule has 2 aromatic carbocycles. The average Bonchev–Trinajstić information content (AvgIpc) is 2.70. The number of carbonyl (C=O) groups is 4. The summed E-state index contributed by atoms with van der Waals surface area (Å²) in [5, 5.41) is 0. The summed E-state index contributed by atoms with van der Waals surface area (Å²) in [6.45, 7) is 0.